The predicted octanol–water partition coefficient (Wildman–Crippen LogP) is 3.71. The number of amides is 2. The normalized spacial score (nSPS) is 10.6. The second kappa shape index (κ2) is 9.58. The van der Waals surface area contributed by atoms with Crippen molar-refractivity contribution in [1.82, 2.24) is 20.4 Å². The van der Waals surface area contributed by atoms with Crippen LogP contribution in [0.3, 0.4) is 0 Å². The predicted molar refractivity (Wildman–Crippen MR) is 114 cm³/mol. The van der Waals surface area contributed by atoms with Gasteiger partial charge in [-0.15, -0.1) is 0 Å². The van der Waals surface area contributed by atoms with Crippen molar-refractivity contribution in [2.45, 2.75) is 13.5 Å². The second-order valence-electron chi connectivity index (χ2n) is 6.43. The number of aromatic nitrogens is 2. The van der Waals surface area contributed by atoms with Crippen LogP contribution >= 0.6 is 23.2 Å². The van der Waals surface area contributed by atoms with E-state index < -0.39 is 0 Å². The third-order valence-electron chi connectivity index (χ3n) is 4.40. The van der Waals surface area contributed by atoms with Gasteiger partial charge in [0.05, 0.1) is 28.4 Å². The summed E-state index contributed by atoms with van der Waals surface area (Å²) in [7, 11) is 0. The number of nitrogens with one attached hydrogen (secondary N) is 2. The van der Waals surface area contributed by atoms with E-state index in [9.17, 15) is 9.59 Å². The van der Waals surface area contributed by atoms with Crippen LogP contribution in [0.1, 0.15) is 32.0 Å². The van der Waals surface area contributed by atoms with E-state index in [0.717, 1.165) is 11.3 Å². The van der Waals surface area contributed by atoms with E-state index in [1.807, 2.05) is 37.3 Å². The lowest BCUT2D eigenvalue weighted by atomic mass is 10.2. The lowest BCUT2D eigenvalue weighted by molar-refractivity contribution is 0.0927. The van der Waals surface area contributed by atoms with Crippen LogP contribution in [-0.2, 0) is 6.54 Å². The Morgan fingerprint density at radius 2 is 1.66 bits per heavy atom. The first-order valence-electron chi connectivity index (χ1n) is 9.03. The summed E-state index contributed by atoms with van der Waals surface area (Å²) in [5.41, 5.74) is 2.81. The zero-order chi connectivity index (χ0) is 20.8. The summed E-state index contributed by atoms with van der Waals surface area (Å²) in [6, 6.07) is 14.6. The molecule has 2 N–H and O–H groups in total. The van der Waals surface area contributed by atoms with E-state index in [1.54, 1.807) is 23.0 Å². The molecule has 2 aromatic carbocycles. The molecule has 1 heterocycles. The fourth-order valence-corrected chi connectivity index (χ4v) is 3.07. The lowest BCUT2D eigenvalue weighted by Crippen LogP contribution is -2.34. The molecule has 8 heteroatoms. The van der Waals surface area contributed by atoms with Crippen LogP contribution in [0.25, 0.3) is 0 Å². The number of hydrogen-bond donors (Lipinski definition) is 2. The van der Waals surface area contributed by atoms with Gasteiger partial charge < -0.3 is 10.6 Å². The van der Waals surface area contributed by atoms with Gasteiger partial charge in [0.25, 0.3) is 11.8 Å². The van der Waals surface area contributed by atoms with Crippen molar-refractivity contribution >= 4 is 35.0 Å². The molecular weight excluding hydrogens is 411 g/mol. The summed E-state index contributed by atoms with van der Waals surface area (Å²) in [6.07, 6.45) is 1.56. The average molecular weight is 431 g/mol. The van der Waals surface area contributed by atoms with Crippen molar-refractivity contribution in [2.24, 2.45) is 0 Å². The standard InChI is InChI=1S/C21H20Cl2N4O2/c1-14-17(12-26-27(14)13-15-5-3-2-4-6-15)21(29)25-10-9-24-20(28)16-7-8-18(22)19(23)11-16/h2-8,11-12H,9-10,13H2,1H3,(H,24,28)(H,25,29). The molecule has 0 bridgehead atoms. The van der Waals surface area contributed by atoms with Gasteiger partial charge in [-0.3, -0.25) is 14.3 Å². The van der Waals surface area contributed by atoms with Gasteiger partial charge in [-0.2, -0.15) is 5.10 Å². The van der Waals surface area contributed by atoms with Crippen LogP contribution in [0.5, 0.6) is 0 Å². The third kappa shape index (κ3) is 5.37. The van der Waals surface area contributed by atoms with Crippen LogP contribution in [0.2, 0.25) is 10.0 Å². The van der Waals surface area contributed by atoms with Crippen LogP contribution in [0, 0.1) is 6.92 Å². The molecule has 3 rings (SSSR count). The van der Waals surface area contributed by atoms with E-state index in [4.69, 9.17) is 23.2 Å². The number of halogens is 2. The highest BCUT2D eigenvalue weighted by Gasteiger charge is 2.14. The van der Waals surface area contributed by atoms with E-state index in [2.05, 4.69) is 15.7 Å². The van der Waals surface area contributed by atoms with E-state index in [0.29, 0.717) is 27.7 Å². The molecule has 0 unspecified atom stereocenters. The molecule has 0 fully saturated rings. The first-order valence-corrected chi connectivity index (χ1v) is 9.79. The maximum absolute atomic E-state index is 12.4. The highest BCUT2D eigenvalue weighted by atomic mass is 35.5. The Kier molecular flexibility index (Phi) is 6.90. The van der Waals surface area contributed by atoms with Gasteiger partial charge in [-0.1, -0.05) is 53.5 Å². The molecule has 0 atom stereocenters. The fraction of sp³-hybridized carbons (Fsp3) is 0.190. The van der Waals surface area contributed by atoms with Crippen molar-refractivity contribution in [3.05, 3.63) is 87.2 Å². The molecular formula is C21H20Cl2N4O2. The minimum Gasteiger partial charge on any atom is -0.350 e. The summed E-state index contributed by atoms with van der Waals surface area (Å²) < 4.78 is 1.79. The Balaban J connectivity index is 1.49. The SMILES string of the molecule is Cc1c(C(=O)NCCNC(=O)c2ccc(Cl)c(Cl)c2)cnn1Cc1ccccc1. The highest BCUT2D eigenvalue weighted by molar-refractivity contribution is 6.42. The van der Waals surface area contributed by atoms with Crippen molar-refractivity contribution < 1.29 is 9.59 Å². The molecule has 0 saturated heterocycles. The summed E-state index contributed by atoms with van der Waals surface area (Å²) in [5.74, 6) is -0.518. The van der Waals surface area contributed by atoms with Crippen LogP contribution < -0.4 is 10.6 Å². The van der Waals surface area contributed by atoms with Gasteiger partial charge in [0, 0.05) is 24.3 Å². The Morgan fingerprint density at radius 3 is 2.34 bits per heavy atom. The topological polar surface area (TPSA) is 76.0 Å². The van der Waals surface area contributed by atoms with Crippen molar-refractivity contribution in [3.63, 3.8) is 0 Å². The molecule has 0 aliphatic heterocycles. The summed E-state index contributed by atoms with van der Waals surface area (Å²) in [6.45, 7) is 3.02. The molecule has 150 valence electrons. The Bertz CT molecular complexity index is 1020. The van der Waals surface area contributed by atoms with Gasteiger partial charge in [-0.05, 0) is 30.7 Å². The molecule has 1 aromatic heterocycles. The number of rotatable bonds is 7. The second-order valence-corrected chi connectivity index (χ2v) is 7.24. The van der Waals surface area contributed by atoms with Crippen LogP contribution in [0.15, 0.2) is 54.7 Å². The highest BCUT2D eigenvalue weighted by Crippen LogP contribution is 2.22. The number of hydrogen-bond acceptors (Lipinski definition) is 3. The molecule has 0 spiro atoms. The van der Waals surface area contributed by atoms with Gasteiger partial charge in [0.15, 0.2) is 0 Å². The summed E-state index contributed by atoms with van der Waals surface area (Å²) >= 11 is 11.8. The first-order chi connectivity index (χ1) is 14.0. The van der Waals surface area contributed by atoms with Crippen LogP contribution in [0.4, 0.5) is 0 Å². The van der Waals surface area contributed by atoms with Gasteiger partial charge >= 0.3 is 0 Å². The first kappa shape index (κ1) is 20.9. The quantitative estimate of drug-likeness (QED) is 0.560. The maximum Gasteiger partial charge on any atom is 0.254 e. The molecule has 0 radical (unpaired) electrons. The van der Waals surface area contributed by atoms with Crippen molar-refractivity contribution in [2.75, 3.05) is 13.1 Å². The average Bonchev–Trinajstić information content (AvgIpc) is 3.08. The minimum atomic E-state index is -0.287. The van der Waals surface area contributed by atoms with Gasteiger partial charge in [-0.25, -0.2) is 0 Å². The Hall–Kier alpha value is -2.83. The summed E-state index contributed by atoms with van der Waals surface area (Å²) in [5, 5.41) is 10.5. The molecule has 0 aliphatic rings. The number of benzene rings is 2. The lowest BCUT2D eigenvalue weighted by Gasteiger charge is -2.08. The zero-order valence-corrected chi connectivity index (χ0v) is 17.3. The Labute approximate surface area is 178 Å². The third-order valence-corrected chi connectivity index (χ3v) is 5.14. The van der Waals surface area contributed by atoms with Gasteiger partial charge in [0.1, 0.15) is 0 Å². The molecule has 2 amide bonds. The monoisotopic (exact) mass is 430 g/mol. The molecule has 6 nitrogen and oxygen atoms in total. The van der Waals surface area contributed by atoms with E-state index in [-0.39, 0.29) is 24.9 Å². The maximum atomic E-state index is 12.4. The summed E-state index contributed by atoms with van der Waals surface area (Å²) in [4.78, 5) is 24.5. The Morgan fingerprint density at radius 1 is 0.966 bits per heavy atom. The zero-order valence-electron chi connectivity index (χ0n) is 15.8. The number of carbonyl (C=O) groups is 2. The molecule has 0 saturated carbocycles. The molecule has 29 heavy (non-hydrogen) atoms. The van der Waals surface area contributed by atoms with E-state index >= 15 is 0 Å². The van der Waals surface area contributed by atoms with Gasteiger partial charge in [0.2, 0.25) is 0 Å². The minimum absolute atomic E-state index is 0.231. The molecule has 3 aromatic rings. The molecule has 0 aliphatic carbocycles. The largest absolute Gasteiger partial charge is 0.350 e. The van der Waals surface area contributed by atoms with Crippen molar-refractivity contribution in [3.8, 4) is 0 Å². The van der Waals surface area contributed by atoms with Crippen molar-refractivity contribution in [1.29, 1.82) is 0 Å². The number of nitrogens with zero attached hydrogens (tertiary/aromatic N) is 2. The number of carbonyl (C=O) groups excluding carboxylic acids is 2. The van der Waals surface area contributed by atoms with E-state index in [1.165, 1.54) is 6.07 Å². The smallest absolute Gasteiger partial charge is 0.254 e. The van der Waals surface area contributed by atoms with Crippen LogP contribution in [-0.4, -0.2) is 34.7 Å². The fourth-order valence-electron chi connectivity index (χ4n) is 2.77.